The zero-order valence-corrected chi connectivity index (χ0v) is 14.2. The molecule has 1 saturated heterocycles. The van der Waals surface area contributed by atoms with Crippen molar-refractivity contribution in [2.75, 3.05) is 25.0 Å². The molecule has 1 atom stereocenters. The standard InChI is InChI=1S/C15H16ClFN4O2.ClH/c16-11-2-1-10(7-12(11)17)9-21-14(3-4-19-21)20-15(22)13-8-18-5-6-23-13;/h1-4,7,13,18H,5-6,8-9H2,(H,20,22);1H/t13-;/m1./s1. The number of anilines is 1. The third kappa shape index (κ3) is 4.45. The van der Waals surface area contributed by atoms with Crippen LogP contribution >= 0.6 is 24.0 Å². The van der Waals surface area contributed by atoms with E-state index in [0.29, 0.717) is 31.1 Å². The van der Waals surface area contributed by atoms with Gasteiger partial charge in [0.25, 0.3) is 5.91 Å². The topological polar surface area (TPSA) is 68.2 Å². The highest BCUT2D eigenvalue weighted by molar-refractivity contribution is 6.30. The van der Waals surface area contributed by atoms with Crippen molar-refractivity contribution in [1.82, 2.24) is 15.1 Å². The highest BCUT2D eigenvalue weighted by Crippen LogP contribution is 2.17. The summed E-state index contributed by atoms with van der Waals surface area (Å²) in [5, 5.41) is 10.1. The summed E-state index contributed by atoms with van der Waals surface area (Å²) in [4.78, 5) is 12.2. The molecule has 0 radical (unpaired) electrons. The molecule has 2 aromatic rings. The predicted octanol–water partition coefficient (Wildman–Crippen LogP) is 2.07. The Morgan fingerprint density at radius 3 is 3.04 bits per heavy atom. The van der Waals surface area contributed by atoms with Crippen LogP contribution in [0.2, 0.25) is 5.02 Å². The molecule has 0 unspecified atom stereocenters. The Bertz CT molecular complexity index is 705. The molecule has 2 heterocycles. The van der Waals surface area contributed by atoms with Gasteiger partial charge < -0.3 is 15.4 Å². The second-order valence-corrected chi connectivity index (χ2v) is 5.58. The van der Waals surface area contributed by atoms with Gasteiger partial charge in [-0.05, 0) is 17.7 Å². The molecular weight excluding hydrogens is 358 g/mol. The first-order chi connectivity index (χ1) is 11.1. The normalized spacial score (nSPS) is 17.2. The van der Waals surface area contributed by atoms with Gasteiger partial charge in [0.05, 0.1) is 24.4 Å². The molecule has 130 valence electrons. The monoisotopic (exact) mass is 374 g/mol. The summed E-state index contributed by atoms with van der Waals surface area (Å²) in [6.45, 7) is 2.04. The summed E-state index contributed by atoms with van der Waals surface area (Å²) in [6.07, 6.45) is 1.04. The van der Waals surface area contributed by atoms with Crippen LogP contribution in [0.1, 0.15) is 5.56 Å². The van der Waals surface area contributed by atoms with Crippen LogP contribution < -0.4 is 10.6 Å². The van der Waals surface area contributed by atoms with E-state index in [-0.39, 0.29) is 23.3 Å². The van der Waals surface area contributed by atoms with E-state index >= 15 is 0 Å². The number of amides is 1. The third-order valence-electron chi connectivity index (χ3n) is 3.50. The second-order valence-electron chi connectivity index (χ2n) is 5.18. The van der Waals surface area contributed by atoms with Crippen molar-refractivity contribution >= 4 is 35.7 Å². The highest BCUT2D eigenvalue weighted by atomic mass is 35.5. The third-order valence-corrected chi connectivity index (χ3v) is 3.81. The fourth-order valence-electron chi connectivity index (χ4n) is 2.32. The number of carbonyl (C=O) groups excluding carboxylic acids is 1. The fraction of sp³-hybridized carbons (Fsp3) is 0.333. The van der Waals surface area contributed by atoms with Gasteiger partial charge in [0.1, 0.15) is 17.7 Å². The van der Waals surface area contributed by atoms with Crippen molar-refractivity contribution in [3.05, 3.63) is 46.9 Å². The lowest BCUT2D eigenvalue weighted by Gasteiger charge is -2.22. The Balaban J connectivity index is 0.00000208. The first kappa shape index (κ1) is 18.7. The van der Waals surface area contributed by atoms with Gasteiger partial charge in [-0.25, -0.2) is 9.07 Å². The van der Waals surface area contributed by atoms with Crippen molar-refractivity contribution < 1.29 is 13.9 Å². The van der Waals surface area contributed by atoms with E-state index in [2.05, 4.69) is 15.7 Å². The smallest absolute Gasteiger partial charge is 0.255 e. The van der Waals surface area contributed by atoms with E-state index < -0.39 is 11.9 Å². The van der Waals surface area contributed by atoms with Gasteiger partial charge in [-0.2, -0.15) is 5.10 Å². The quantitative estimate of drug-likeness (QED) is 0.859. The average molecular weight is 375 g/mol. The van der Waals surface area contributed by atoms with Crippen LogP contribution in [0.3, 0.4) is 0 Å². The lowest BCUT2D eigenvalue weighted by molar-refractivity contribution is -0.128. The molecule has 1 aromatic heterocycles. The van der Waals surface area contributed by atoms with Crippen LogP contribution in [-0.2, 0) is 16.1 Å². The number of benzene rings is 1. The largest absolute Gasteiger partial charge is 0.366 e. The Kier molecular flexibility index (Phi) is 6.56. The molecule has 1 fully saturated rings. The minimum atomic E-state index is -0.528. The number of aromatic nitrogens is 2. The fourth-order valence-corrected chi connectivity index (χ4v) is 2.43. The van der Waals surface area contributed by atoms with Gasteiger partial charge in [0, 0.05) is 19.2 Å². The maximum Gasteiger partial charge on any atom is 0.255 e. The van der Waals surface area contributed by atoms with E-state index in [0.717, 1.165) is 6.54 Å². The van der Waals surface area contributed by atoms with Crippen LogP contribution in [0, 0.1) is 5.82 Å². The molecule has 3 rings (SSSR count). The van der Waals surface area contributed by atoms with Crippen molar-refractivity contribution in [3.63, 3.8) is 0 Å². The lowest BCUT2D eigenvalue weighted by Crippen LogP contribution is -2.45. The Morgan fingerprint density at radius 2 is 2.33 bits per heavy atom. The summed E-state index contributed by atoms with van der Waals surface area (Å²) >= 11 is 5.67. The lowest BCUT2D eigenvalue weighted by atomic mass is 10.2. The summed E-state index contributed by atoms with van der Waals surface area (Å²) in [7, 11) is 0. The summed E-state index contributed by atoms with van der Waals surface area (Å²) in [5.74, 6) is -0.190. The van der Waals surface area contributed by atoms with Crippen LogP contribution in [0.5, 0.6) is 0 Å². The van der Waals surface area contributed by atoms with Crippen molar-refractivity contribution in [2.45, 2.75) is 12.6 Å². The molecule has 1 aliphatic heterocycles. The number of rotatable bonds is 4. The molecule has 1 aromatic carbocycles. The summed E-state index contributed by atoms with van der Waals surface area (Å²) in [5.41, 5.74) is 0.696. The number of carbonyl (C=O) groups is 1. The molecule has 24 heavy (non-hydrogen) atoms. The molecule has 6 nitrogen and oxygen atoms in total. The maximum atomic E-state index is 13.5. The van der Waals surface area contributed by atoms with Crippen LogP contribution in [0.25, 0.3) is 0 Å². The van der Waals surface area contributed by atoms with Gasteiger partial charge in [0.2, 0.25) is 0 Å². The number of nitrogens with zero attached hydrogens (tertiary/aromatic N) is 2. The van der Waals surface area contributed by atoms with Gasteiger partial charge in [0.15, 0.2) is 0 Å². The van der Waals surface area contributed by atoms with Gasteiger partial charge in [-0.3, -0.25) is 4.79 Å². The number of ether oxygens (including phenoxy) is 1. The molecule has 0 saturated carbocycles. The van der Waals surface area contributed by atoms with Crippen molar-refractivity contribution in [3.8, 4) is 0 Å². The molecular formula is C15H17Cl2FN4O2. The van der Waals surface area contributed by atoms with E-state index in [1.54, 1.807) is 23.0 Å². The molecule has 1 amide bonds. The minimum Gasteiger partial charge on any atom is -0.366 e. The van der Waals surface area contributed by atoms with Crippen molar-refractivity contribution in [1.29, 1.82) is 0 Å². The van der Waals surface area contributed by atoms with E-state index in [1.165, 1.54) is 12.1 Å². The molecule has 0 bridgehead atoms. The summed E-state index contributed by atoms with van der Waals surface area (Å²) in [6, 6.07) is 6.24. The SMILES string of the molecule is Cl.O=C(Nc1ccnn1Cc1ccc(Cl)c(F)c1)[C@H]1CNCCO1. The van der Waals surface area contributed by atoms with E-state index in [9.17, 15) is 9.18 Å². The Hall–Kier alpha value is -1.67. The van der Waals surface area contributed by atoms with Gasteiger partial charge in [-0.1, -0.05) is 17.7 Å². The second kappa shape index (κ2) is 8.43. The van der Waals surface area contributed by atoms with Crippen LogP contribution in [0.15, 0.2) is 30.5 Å². The first-order valence-corrected chi connectivity index (χ1v) is 7.60. The molecule has 9 heteroatoms. The first-order valence-electron chi connectivity index (χ1n) is 7.22. The van der Waals surface area contributed by atoms with Crippen LogP contribution in [0.4, 0.5) is 10.2 Å². The van der Waals surface area contributed by atoms with Gasteiger partial charge >= 0.3 is 0 Å². The zero-order valence-electron chi connectivity index (χ0n) is 12.7. The molecule has 1 aliphatic rings. The summed E-state index contributed by atoms with van der Waals surface area (Å²) < 4.78 is 20.5. The maximum absolute atomic E-state index is 13.5. The van der Waals surface area contributed by atoms with Crippen molar-refractivity contribution in [2.24, 2.45) is 0 Å². The number of hydrogen-bond acceptors (Lipinski definition) is 4. The van der Waals surface area contributed by atoms with Gasteiger partial charge in [-0.15, -0.1) is 12.4 Å². The average Bonchev–Trinajstić information content (AvgIpc) is 2.98. The van der Waals surface area contributed by atoms with Crippen LogP contribution in [-0.4, -0.2) is 41.5 Å². The molecule has 2 N–H and O–H groups in total. The number of nitrogens with one attached hydrogen (secondary N) is 2. The minimum absolute atomic E-state index is 0. The Labute approximate surface area is 149 Å². The zero-order chi connectivity index (χ0) is 16.2. The molecule has 0 aliphatic carbocycles. The van der Waals surface area contributed by atoms with E-state index in [4.69, 9.17) is 16.3 Å². The highest BCUT2D eigenvalue weighted by Gasteiger charge is 2.22. The Morgan fingerprint density at radius 1 is 1.50 bits per heavy atom. The molecule has 0 spiro atoms. The number of morpholine rings is 1. The number of halogens is 3. The predicted molar refractivity (Wildman–Crippen MR) is 91.2 cm³/mol. The van der Waals surface area contributed by atoms with E-state index in [1.807, 2.05) is 0 Å². The number of hydrogen-bond donors (Lipinski definition) is 2.